The molecule has 0 aliphatic carbocycles. The maximum Gasteiger partial charge on any atom is 0.246 e. The molecule has 1 aromatic carbocycles. The molecule has 9 heteroatoms. The molecule has 2 aliphatic heterocycles. The molecule has 0 spiro atoms. The minimum absolute atomic E-state index is 0.0406. The number of likely N-dealkylation sites (tertiary alicyclic amines) is 1. The molecule has 0 N–H and O–H groups in total. The van der Waals surface area contributed by atoms with Crippen LogP contribution in [0.4, 0.5) is 0 Å². The summed E-state index contributed by atoms with van der Waals surface area (Å²) in [4.78, 5) is 16.3. The van der Waals surface area contributed by atoms with Gasteiger partial charge in [0, 0.05) is 39.3 Å². The van der Waals surface area contributed by atoms with Crippen LogP contribution in [0.1, 0.15) is 19.3 Å². The minimum atomic E-state index is -3.75. The Kier molecular flexibility index (Phi) is 6.45. The zero-order valence-electron chi connectivity index (χ0n) is 14.5. The van der Waals surface area contributed by atoms with Crippen molar-refractivity contribution in [3.8, 4) is 0 Å². The van der Waals surface area contributed by atoms with E-state index in [1.807, 2.05) is 9.80 Å². The first-order valence-corrected chi connectivity index (χ1v) is 11.0. The van der Waals surface area contributed by atoms with E-state index in [2.05, 4.69) is 0 Å². The second kappa shape index (κ2) is 8.44. The van der Waals surface area contributed by atoms with Crippen LogP contribution in [0.15, 0.2) is 23.1 Å². The normalized spacial score (nSPS) is 20.3. The van der Waals surface area contributed by atoms with Crippen LogP contribution in [-0.4, -0.2) is 74.2 Å². The summed E-state index contributed by atoms with van der Waals surface area (Å²) in [7, 11) is -3.75. The lowest BCUT2D eigenvalue weighted by molar-refractivity contribution is -0.133. The highest BCUT2D eigenvalue weighted by atomic mass is 35.5. The van der Waals surface area contributed by atoms with E-state index < -0.39 is 10.0 Å². The van der Waals surface area contributed by atoms with Gasteiger partial charge in [-0.25, -0.2) is 8.42 Å². The maximum atomic E-state index is 12.9. The molecule has 0 radical (unpaired) electrons. The topological polar surface area (TPSA) is 60.9 Å². The van der Waals surface area contributed by atoms with Crippen LogP contribution < -0.4 is 0 Å². The van der Waals surface area contributed by atoms with E-state index in [9.17, 15) is 13.2 Å². The van der Waals surface area contributed by atoms with Crippen LogP contribution in [0, 0.1) is 0 Å². The molecule has 0 saturated carbocycles. The van der Waals surface area contributed by atoms with Crippen molar-refractivity contribution >= 4 is 39.1 Å². The van der Waals surface area contributed by atoms with Crippen molar-refractivity contribution in [1.29, 1.82) is 0 Å². The van der Waals surface area contributed by atoms with Gasteiger partial charge < -0.3 is 4.90 Å². The summed E-state index contributed by atoms with van der Waals surface area (Å²) in [6.07, 6.45) is 3.32. The minimum Gasteiger partial charge on any atom is -0.342 e. The van der Waals surface area contributed by atoms with Gasteiger partial charge in [0.05, 0.1) is 16.6 Å². The van der Waals surface area contributed by atoms with Crippen molar-refractivity contribution in [2.75, 3.05) is 45.8 Å². The highest BCUT2D eigenvalue weighted by Crippen LogP contribution is 2.31. The Labute approximate surface area is 164 Å². The number of sulfonamides is 1. The van der Waals surface area contributed by atoms with Crippen molar-refractivity contribution in [2.24, 2.45) is 0 Å². The molecular weight excluding hydrogens is 397 g/mol. The molecule has 2 saturated heterocycles. The van der Waals surface area contributed by atoms with E-state index in [1.54, 1.807) is 6.07 Å². The summed E-state index contributed by atoms with van der Waals surface area (Å²) in [6, 6.07) is 4.66. The smallest absolute Gasteiger partial charge is 0.246 e. The molecule has 6 nitrogen and oxygen atoms in total. The van der Waals surface area contributed by atoms with Crippen LogP contribution in [-0.2, 0) is 14.8 Å². The van der Waals surface area contributed by atoms with Gasteiger partial charge in [0.25, 0.3) is 0 Å². The Hall–Kier alpha value is -0.860. The molecule has 0 unspecified atom stereocenters. The second-order valence-corrected chi connectivity index (χ2v) is 9.36. The van der Waals surface area contributed by atoms with E-state index >= 15 is 0 Å². The molecule has 2 aliphatic rings. The fraction of sp³-hybridized carbons (Fsp3) is 0.588. The van der Waals surface area contributed by atoms with Gasteiger partial charge in [0.1, 0.15) is 4.90 Å². The number of piperidine rings is 1. The predicted molar refractivity (Wildman–Crippen MR) is 102 cm³/mol. The maximum absolute atomic E-state index is 12.9. The number of piperazine rings is 1. The Bertz CT molecular complexity index is 738. The molecule has 3 rings (SSSR count). The molecule has 0 atom stereocenters. The Morgan fingerprint density at radius 2 is 1.50 bits per heavy atom. The largest absolute Gasteiger partial charge is 0.342 e. The number of hydrogen-bond acceptors (Lipinski definition) is 4. The third-order valence-electron chi connectivity index (χ3n) is 4.92. The molecule has 1 amide bonds. The van der Waals surface area contributed by atoms with Crippen molar-refractivity contribution in [1.82, 2.24) is 14.1 Å². The number of hydrogen-bond donors (Lipinski definition) is 0. The lowest BCUT2D eigenvalue weighted by Gasteiger charge is -2.35. The molecule has 2 heterocycles. The number of nitrogens with zero attached hydrogens (tertiary/aromatic N) is 3. The fourth-order valence-electron chi connectivity index (χ4n) is 3.42. The van der Waals surface area contributed by atoms with Gasteiger partial charge in [0.2, 0.25) is 15.9 Å². The van der Waals surface area contributed by atoms with E-state index in [-0.39, 0.29) is 20.8 Å². The molecule has 2 fully saturated rings. The molecule has 26 heavy (non-hydrogen) atoms. The fourth-order valence-corrected chi connectivity index (χ4v) is 5.93. The van der Waals surface area contributed by atoms with Crippen molar-refractivity contribution in [2.45, 2.75) is 24.2 Å². The molecular formula is C17H23Cl2N3O3S. The number of rotatable bonds is 4. The van der Waals surface area contributed by atoms with Gasteiger partial charge in [-0.15, -0.1) is 0 Å². The van der Waals surface area contributed by atoms with Gasteiger partial charge in [-0.3, -0.25) is 9.69 Å². The highest BCUT2D eigenvalue weighted by Gasteiger charge is 2.32. The SMILES string of the molecule is O=C(CN1CCN(S(=O)(=O)c2c(Cl)cccc2Cl)CC1)N1CCCCC1. The highest BCUT2D eigenvalue weighted by molar-refractivity contribution is 7.89. The number of amides is 1. The number of benzene rings is 1. The average molecular weight is 420 g/mol. The van der Waals surface area contributed by atoms with Crippen molar-refractivity contribution in [3.05, 3.63) is 28.2 Å². The van der Waals surface area contributed by atoms with Crippen LogP contribution in [0.25, 0.3) is 0 Å². The van der Waals surface area contributed by atoms with Crippen LogP contribution >= 0.6 is 23.2 Å². The molecule has 144 valence electrons. The Morgan fingerprint density at radius 3 is 2.08 bits per heavy atom. The summed E-state index contributed by atoms with van der Waals surface area (Å²) in [6.45, 7) is 3.67. The van der Waals surface area contributed by atoms with Crippen molar-refractivity contribution < 1.29 is 13.2 Å². The van der Waals surface area contributed by atoms with E-state index in [4.69, 9.17) is 23.2 Å². The summed E-state index contributed by atoms with van der Waals surface area (Å²) in [5.41, 5.74) is 0. The van der Waals surface area contributed by atoms with E-state index in [0.29, 0.717) is 32.7 Å². The van der Waals surface area contributed by atoms with Crippen molar-refractivity contribution in [3.63, 3.8) is 0 Å². The first-order valence-electron chi connectivity index (χ1n) is 8.84. The van der Waals surface area contributed by atoms with E-state index in [0.717, 1.165) is 25.9 Å². The Morgan fingerprint density at radius 1 is 0.923 bits per heavy atom. The zero-order valence-corrected chi connectivity index (χ0v) is 16.9. The lowest BCUT2D eigenvalue weighted by atomic mass is 10.1. The van der Waals surface area contributed by atoms with Gasteiger partial charge in [-0.05, 0) is 31.4 Å². The second-order valence-electron chi connectivity index (χ2n) is 6.67. The molecule has 0 aromatic heterocycles. The quantitative estimate of drug-likeness (QED) is 0.750. The number of carbonyl (C=O) groups excluding carboxylic acids is 1. The van der Waals surface area contributed by atoms with Crippen LogP contribution in [0.2, 0.25) is 10.0 Å². The van der Waals surface area contributed by atoms with Crippen LogP contribution in [0.3, 0.4) is 0 Å². The molecule has 0 bridgehead atoms. The third-order valence-corrected chi connectivity index (χ3v) is 7.77. The van der Waals surface area contributed by atoms with Gasteiger partial charge >= 0.3 is 0 Å². The van der Waals surface area contributed by atoms with E-state index in [1.165, 1.54) is 22.9 Å². The lowest BCUT2D eigenvalue weighted by Crippen LogP contribution is -2.52. The monoisotopic (exact) mass is 419 g/mol. The Balaban J connectivity index is 1.60. The summed E-state index contributed by atoms with van der Waals surface area (Å²) in [5.74, 6) is 0.134. The predicted octanol–water partition coefficient (Wildman–Crippen LogP) is 2.31. The summed E-state index contributed by atoms with van der Waals surface area (Å²) >= 11 is 12.1. The van der Waals surface area contributed by atoms with Gasteiger partial charge in [-0.1, -0.05) is 29.3 Å². The third kappa shape index (κ3) is 4.34. The number of carbonyl (C=O) groups is 1. The molecule has 1 aromatic rings. The van der Waals surface area contributed by atoms with Gasteiger partial charge in [0.15, 0.2) is 0 Å². The first-order chi connectivity index (χ1) is 12.4. The van der Waals surface area contributed by atoms with Crippen LogP contribution in [0.5, 0.6) is 0 Å². The first kappa shape index (κ1) is 19.9. The summed E-state index contributed by atoms with van der Waals surface area (Å²) in [5, 5.41) is 0.250. The number of halogens is 2. The standard InChI is InChI=1S/C17H23Cl2N3O3S/c18-14-5-4-6-15(19)17(14)26(24,25)22-11-9-20(10-12-22)13-16(23)21-7-2-1-3-8-21/h4-6H,1-3,7-13H2. The van der Waals surface area contributed by atoms with Gasteiger partial charge in [-0.2, -0.15) is 4.31 Å². The average Bonchev–Trinajstić information content (AvgIpc) is 2.62. The summed E-state index contributed by atoms with van der Waals surface area (Å²) < 4.78 is 27.1. The zero-order chi connectivity index (χ0) is 18.7.